The molecule has 2 aliphatic heterocycles. The number of ether oxygens (including phenoxy) is 2. The number of esters is 1. The minimum absolute atomic E-state index is 0.00309. The number of aliphatic hydroxyl groups excluding tert-OH is 1. The van der Waals surface area contributed by atoms with Crippen molar-refractivity contribution in [2.75, 3.05) is 19.8 Å². The fourth-order valence-corrected chi connectivity index (χ4v) is 5.53. The van der Waals surface area contributed by atoms with Crippen LogP contribution in [0.1, 0.15) is 27.2 Å². The third-order valence-corrected chi connectivity index (χ3v) is 7.67. The molecule has 1 fully saturated rings. The molecule has 1 saturated heterocycles. The van der Waals surface area contributed by atoms with E-state index in [0.717, 1.165) is 11.1 Å². The summed E-state index contributed by atoms with van der Waals surface area (Å²) in [5, 5.41) is 15.5. The van der Waals surface area contributed by atoms with Gasteiger partial charge in [-0.25, -0.2) is 13.8 Å². The summed E-state index contributed by atoms with van der Waals surface area (Å²) in [5.41, 5.74) is -1.52. The predicted molar refractivity (Wildman–Crippen MR) is 139 cm³/mol. The third kappa shape index (κ3) is 7.87. The van der Waals surface area contributed by atoms with E-state index in [1.807, 2.05) is 0 Å². The Morgan fingerprint density at radius 2 is 2.05 bits per heavy atom. The molecule has 2 aliphatic rings. The lowest BCUT2D eigenvalue weighted by Crippen LogP contribution is -2.47. The minimum atomic E-state index is -4.38. The van der Waals surface area contributed by atoms with E-state index in [1.54, 1.807) is 19.1 Å². The summed E-state index contributed by atoms with van der Waals surface area (Å²) in [4.78, 5) is 25.6. The molecular formula is C25H37FN3O8P. The predicted octanol–water partition coefficient (Wildman–Crippen LogP) is 3.68. The van der Waals surface area contributed by atoms with E-state index in [1.165, 1.54) is 19.9 Å². The first-order valence-electron chi connectivity index (χ1n) is 12.0. The fraction of sp³-hybridized carbons (Fsp3) is 0.520. The molecule has 2 amide bonds. The van der Waals surface area contributed by atoms with Crippen molar-refractivity contribution in [3.8, 4) is 0 Å². The molecule has 0 bridgehead atoms. The Kier molecular flexibility index (Phi) is 11.0. The monoisotopic (exact) mass is 557 g/mol. The van der Waals surface area contributed by atoms with Crippen molar-refractivity contribution in [1.82, 2.24) is 15.3 Å². The molecule has 0 aromatic carbocycles. The summed E-state index contributed by atoms with van der Waals surface area (Å²) in [6.07, 6.45) is 2.44. The summed E-state index contributed by atoms with van der Waals surface area (Å²) in [7, 11) is -4.38. The van der Waals surface area contributed by atoms with Crippen LogP contribution in [-0.2, 0) is 27.9 Å². The number of hydrogen-bond donors (Lipinski definition) is 3. The summed E-state index contributed by atoms with van der Waals surface area (Å²) in [6, 6.07) is -0.595. The normalized spacial score (nSPS) is 24.1. The van der Waals surface area contributed by atoms with Crippen LogP contribution in [0.15, 0.2) is 62.3 Å². The van der Waals surface area contributed by atoms with Crippen LogP contribution < -0.4 is 10.4 Å². The number of carbonyl (C=O) groups excluding carboxylic acids is 2. The highest BCUT2D eigenvalue weighted by molar-refractivity contribution is 7.51. The highest BCUT2D eigenvalue weighted by Gasteiger charge is 2.44. The lowest BCUT2D eigenvalue weighted by molar-refractivity contribution is -0.149. The van der Waals surface area contributed by atoms with Crippen molar-refractivity contribution in [2.45, 2.75) is 51.2 Å². The second-order valence-electron chi connectivity index (χ2n) is 9.19. The van der Waals surface area contributed by atoms with E-state index in [4.69, 9.17) is 18.5 Å². The second-order valence-corrected chi connectivity index (χ2v) is 10.9. The summed E-state index contributed by atoms with van der Waals surface area (Å²) < 4.78 is 49.7. The van der Waals surface area contributed by atoms with Gasteiger partial charge in [0, 0.05) is 24.5 Å². The van der Waals surface area contributed by atoms with Crippen LogP contribution in [0, 0.1) is 11.8 Å². The maximum atomic E-state index is 13.9. The molecular weight excluding hydrogens is 520 g/mol. The van der Waals surface area contributed by atoms with Crippen molar-refractivity contribution in [1.29, 1.82) is 0 Å². The van der Waals surface area contributed by atoms with Gasteiger partial charge in [0.1, 0.15) is 29.5 Å². The summed E-state index contributed by atoms with van der Waals surface area (Å²) >= 11 is 0. The molecule has 0 aliphatic carbocycles. The maximum Gasteiger partial charge on any atom is 0.459 e. The first-order chi connectivity index (χ1) is 17.8. The van der Waals surface area contributed by atoms with Crippen LogP contribution in [0.25, 0.3) is 0 Å². The van der Waals surface area contributed by atoms with E-state index in [-0.39, 0.29) is 31.2 Å². The number of amides is 2. The van der Waals surface area contributed by atoms with Gasteiger partial charge in [-0.15, -0.1) is 19.7 Å². The third-order valence-electron chi connectivity index (χ3n) is 5.87. The summed E-state index contributed by atoms with van der Waals surface area (Å²) in [5.74, 6) is -2.23. The van der Waals surface area contributed by atoms with Crippen molar-refractivity contribution >= 4 is 19.7 Å². The number of aliphatic hydroxyl groups is 1. The van der Waals surface area contributed by atoms with Gasteiger partial charge in [0.25, 0.3) is 0 Å². The van der Waals surface area contributed by atoms with E-state index in [9.17, 15) is 23.7 Å². The Bertz CT molecular complexity index is 1010. The number of carbonyl (C=O) groups is 2. The highest BCUT2D eigenvalue weighted by atomic mass is 31.2. The molecule has 3 N–H and O–H groups in total. The fourth-order valence-electron chi connectivity index (χ4n) is 3.82. The van der Waals surface area contributed by atoms with Crippen LogP contribution in [0.4, 0.5) is 9.18 Å². The van der Waals surface area contributed by atoms with Gasteiger partial charge in [-0.1, -0.05) is 24.8 Å². The molecule has 212 valence electrons. The SMILES string of the molecule is C=CC(C=C)C(C=C)C(=C)OP(=O)(NC(C)(C)C(=O)OCC)OC[C@H]1O[C@@H](N2C=C(F)CNC2=O)C[C@H]1O. The minimum Gasteiger partial charge on any atom is -0.465 e. The van der Waals surface area contributed by atoms with Crippen LogP contribution in [0.3, 0.4) is 0 Å². The molecule has 11 nitrogen and oxygen atoms in total. The van der Waals surface area contributed by atoms with E-state index in [0.29, 0.717) is 0 Å². The highest BCUT2D eigenvalue weighted by Crippen LogP contribution is 2.50. The Balaban J connectivity index is 2.24. The Morgan fingerprint density at radius 3 is 2.63 bits per heavy atom. The van der Waals surface area contributed by atoms with Gasteiger partial charge in [-0.05, 0) is 20.8 Å². The Morgan fingerprint density at radius 1 is 1.39 bits per heavy atom. The van der Waals surface area contributed by atoms with E-state index < -0.39 is 62.1 Å². The zero-order chi connectivity index (χ0) is 28.7. The molecule has 2 unspecified atom stereocenters. The molecule has 0 saturated carbocycles. The quantitative estimate of drug-likeness (QED) is 0.119. The zero-order valence-electron chi connectivity index (χ0n) is 21.9. The van der Waals surface area contributed by atoms with Crippen LogP contribution in [0.2, 0.25) is 0 Å². The molecule has 5 atom stereocenters. The summed E-state index contributed by atoms with van der Waals surface area (Å²) in [6.45, 7) is 18.9. The number of allylic oxidation sites excluding steroid dienone is 3. The van der Waals surface area contributed by atoms with Gasteiger partial charge in [0.15, 0.2) is 0 Å². The number of rotatable bonds is 15. The molecule has 2 rings (SSSR count). The van der Waals surface area contributed by atoms with Gasteiger partial charge in [0.2, 0.25) is 0 Å². The Hall–Kier alpha value is -2.76. The number of nitrogens with zero attached hydrogens (tertiary/aromatic N) is 1. The molecule has 13 heteroatoms. The molecule has 0 spiro atoms. The van der Waals surface area contributed by atoms with Gasteiger partial charge < -0.3 is 24.4 Å². The van der Waals surface area contributed by atoms with Crippen molar-refractivity contribution < 1.29 is 42.2 Å². The van der Waals surface area contributed by atoms with E-state index >= 15 is 0 Å². The van der Waals surface area contributed by atoms with Crippen LogP contribution in [0.5, 0.6) is 0 Å². The molecule has 38 heavy (non-hydrogen) atoms. The van der Waals surface area contributed by atoms with Gasteiger partial charge >= 0.3 is 19.7 Å². The lowest BCUT2D eigenvalue weighted by atomic mass is 9.91. The number of halogens is 1. The first-order valence-corrected chi connectivity index (χ1v) is 13.6. The van der Waals surface area contributed by atoms with Crippen molar-refractivity contribution in [3.63, 3.8) is 0 Å². The van der Waals surface area contributed by atoms with Gasteiger partial charge in [-0.3, -0.25) is 14.2 Å². The topological polar surface area (TPSA) is 136 Å². The van der Waals surface area contributed by atoms with Crippen molar-refractivity contribution in [2.24, 2.45) is 11.8 Å². The van der Waals surface area contributed by atoms with Gasteiger partial charge in [-0.2, -0.15) is 5.09 Å². The standard InChI is InChI=1S/C25H37FN3O8P/c1-8-17(9-2)19(10-3)16(5)37-38(33,28-25(6,7)23(31)34-11-4)35-15-21-20(30)12-22(36-21)29-14-18(26)13-27-24(29)32/h8-10,14,17,19-22,30H,1-3,5,11-13,15H2,4,6-7H3,(H,27,32)(H,28,33)/t19?,20-,21-,22-,38?/m1/s1. The average Bonchev–Trinajstić information content (AvgIpc) is 3.22. The maximum absolute atomic E-state index is 13.9. The van der Waals surface area contributed by atoms with Crippen molar-refractivity contribution in [3.05, 3.63) is 62.3 Å². The molecule has 0 aromatic rings. The Labute approximate surface area is 222 Å². The number of nitrogens with one attached hydrogen (secondary N) is 2. The second kappa shape index (κ2) is 13.3. The molecule has 0 aromatic heterocycles. The van der Waals surface area contributed by atoms with Gasteiger partial charge in [0.05, 0.1) is 25.9 Å². The number of urea groups is 1. The lowest BCUT2D eigenvalue weighted by Gasteiger charge is -2.32. The average molecular weight is 558 g/mol. The first kappa shape index (κ1) is 31.5. The van der Waals surface area contributed by atoms with Crippen LogP contribution >= 0.6 is 7.75 Å². The number of hydrogen-bond acceptors (Lipinski definition) is 8. The van der Waals surface area contributed by atoms with Crippen LogP contribution in [-0.4, -0.2) is 65.7 Å². The molecule has 2 heterocycles. The zero-order valence-corrected chi connectivity index (χ0v) is 22.8. The smallest absolute Gasteiger partial charge is 0.459 e. The largest absolute Gasteiger partial charge is 0.465 e. The van der Waals surface area contributed by atoms with E-state index in [2.05, 4.69) is 36.7 Å². The molecule has 0 radical (unpaired) electrons.